The van der Waals surface area contributed by atoms with Crippen molar-refractivity contribution in [1.82, 2.24) is 10.6 Å². The summed E-state index contributed by atoms with van der Waals surface area (Å²) in [6.45, 7) is 21.2. The van der Waals surface area contributed by atoms with Crippen molar-refractivity contribution in [2.75, 3.05) is 6.54 Å². The lowest BCUT2D eigenvalue weighted by molar-refractivity contribution is -0.131. The fourth-order valence-corrected chi connectivity index (χ4v) is 1.50. The van der Waals surface area contributed by atoms with Crippen LogP contribution in [0.15, 0.2) is 0 Å². The highest BCUT2D eigenvalue weighted by Crippen LogP contribution is 2.03. The van der Waals surface area contributed by atoms with Gasteiger partial charge in [0.05, 0.1) is 6.54 Å². The number of carbonyl (C=O) groups is 3. The summed E-state index contributed by atoms with van der Waals surface area (Å²) in [7, 11) is 0. The smallest absolute Gasteiger partial charge is 0.243 e. The second kappa shape index (κ2) is 22.6. The fraction of sp³-hybridized carbons (Fsp3) is 0.850. The van der Waals surface area contributed by atoms with Crippen molar-refractivity contribution in [3.05, 3.63) is 0 Å². The van der Waals surface area contributed by atoms with Crippen LogP contribution < -0.4 is 10.6 Å². The van der Waals surface area contributed by atoms with Crippen molar-refractivity contribution >= 4 is 17.6 Å². The number of hydrogen-bond donors (Lipinski definition) is 2. The standard InChI is InChI=1S/C14H26N2O3.3C2H6/c1-6-7-12(18)16-13(10(4)5)14(19)15-8-11(17)9(2)3;3*1-2/h9-10,13H,6-8H2,1-5H3,(H,15,19)(H,16,18);3*1-2H3. The molecule has 25 heavy (non-hydrogen) atoms. The van der Waals surface area contributed by atoms with Crippen molar-refractivity contribution in [3.63, 3.8) is 0 Å². The molecule has 1 atom stereocenters. The molecule has 5 nitrogen and oxygen atoms in total. The molecule has 0 rings (SSSR count). The van der Waals surface area contributed by atoms with E-state index in [2.05, 4.69) is 10.6 Å². The maximum absolute atomic E-state index is 12.0. The lowest BCUT2D eigenvalue weighted by atomic mass is 10.0. The molecule has 0 saturated carbocycles. The van der Waals surface area contributed by atoms with Gasteiger partial charge in [-0.1, -0.05) is 76.2 Å². The minimum Gasteiger partial charge on any atom is -0.347 e. The van der Waals surface area contributed by atoms with Crippen LogP contribution in [-0.4, -0.2) is 30.2 Å². The lowest BCUT2D eigenvalue weighted by Crippen LogP contribution is -2.50. The monoisotopic (exact) mass is 360 g/mol. The van der Waals surface area contributed by atoms with Gasteiger partial charge >= 0.3 is 0 Å². The number of nitrogens with one attached hydrogen (secondary N) is 2. The van der Waals surface area contributed by atoms with E-state index in [1.54, 1.807) is 13.8 Å². The number of carbonyl (C=O) groups excluding carboxylic acids is 3. The summed E-state index contributed by atoms with van der Waals surface area (Å²) in [4.78, 5) is 35.0. The molecule has 0 heterocycles. The van der Waals surface area contributed by atoms with E-state index >= 15 is 0 Å². The molecule has 5 heteroatoms. The maximum Gasteiger partial charge on any atom is 0.243 e. The van der Waals surface area contributed by atoms with Gasteiger partial charge in [-0.25, -0.2) is 0 Å². The van der Waals surface area contributed by atoms with Gasteiger partial charge in [0.2, 0.25) is 11.8 Å². The molecule has 0 saturated heterocycles. The highest BCUT2D eigenvalue weighted by molar-refractivity contribution is 5.91. The molecular formula is C20H44N2O3. The highest BCUT2D eigenvalue weighted by atomic mass is 16.2. The van der Waals surface area contributed by atoms with E-state index in [1.165, 1.54) is 0 Å². The molecule has 0 aliphatic heterocycles. The van der Waals surface area contributed by atoms with Crippen molar-refractivity contribution in [2.24, 2.45) is 11.8 Å². The summed E-state index contributed by atoms with van der Waals surface area (Å²) in [6, 6.07) is -0.584. The van der Waals surface area contributed by atoms with Gasteiger partial charge in [0.25, 0.3) is 0 Å². The predicted molar refractivity (Wildman–Crippen MR) is 109 cm³/mol. The quantitative estimate of drug-likeness (QED) is 0.676. The Morgan fingerprint density at radius 1 is 0.840 bits per heavy atom. The zero-order chi connectivity index (χ0) is 21.0. The fourth-order valence-electron chi connectivity index (χ4n) is 1.50. The summed E-state index contributed by atoms with van der Waals surface area (Å²) >= 11 is 0. The molecule has 0 aromatic carbocycles. The van der Waals surface area contributed by atoms with Gasteiger partial charge in [-0.3, -0.25) is 14.4 Å². The van der Waals surface area contributed by atoms with Crippen molar-refractivity contribution in [1.29, 1.82) is 0 Å². The molecular weight excluding hydrogens is 316 g/mol. The van der Waals surface area contributed by atoms with Crippen LogP contribution in [-0.2, 0) is 14.4 Å². The van der Waals surface area contributed by atoms with Gasteiger partial charge in [0, 0.05) is 12.3 Å². The highest BCUT2D eigenvalue weighted by Gasteiger charge is 2.24. The summed E-state index contributed by atoms with van der Waals surface area (Å²) in [5.74, 6) is -0.571. The average Bonchev–Trinajstić information content (AvgIpc) is 2.62. The molecule has 152 valence electrons. The van der Waals surface area contributed by atoms with Gasteiger partial charge in [-0.2, -0.15) is 0 Å². The normalized spacial score (nSPS) is 10.1. The van der Waals surface area contributed by atoms with Crippen molar-refractivity contribution in [2.45, 2.75) is 95.0 Å². The average molecular weight is 361 g/mol. The molecule has 0 fully saturated rings. The second-order valence-electron chi connectivity index (χ2n) is 5.38. The third-order valence-electron chi connectivity index (χ3n) is 2.82. The van der Waals surface area contributed by atoms with E-state index in [9.17, 15) is 14.4 Å². The van der Waals surface area contributed by atoms with Gasteiger partial charge in [-0.15, -0.1) is 0 Å². The van der Waals surface area contributed by atoms with Crippen LogP contribution in [0.2, 0.25) is 0 Å². The van der Waals surface area contributed by atoms with E-state index in [-0.39, 0.29) is 36.0 Å². The van der Waals surface area contributed by atoms with Gasteiger partial charge in [-0.05, 0) is 12.3 Å². The van der Waals surface area contributed by atoms with Crippen LogP contribution in [0.3, 0.4) is 0 Å². The topological polar surface area (TPSA) is 75.3 Å². The molecule has 0 aromatic rings. The third-order valence-corrected chi connectivity index (χ3v) is 2.82. The predicted octanol–water partition coefficient (Wildman–Crippen LogP) is 4.35. The van der Waals surface area contributed by atoms with E-state index in [1.807, 2.05) is 62.3 Å². The van der Waals surface area contributed by atoms with Crippen LogP contribution in [0.1, 0.15) is 89.0 Å². The molecule has 1 unspecified atom stereocenters. The number of amides is 2. The molecule has 0 bridgehead atoms. The maximum atomic E-state index is 12.0. The van der Waals surface area contributed by atoms with Crippen molar-refractivity contribution in [3.8, 4) is 0 Å². The first-order valence-electron chi connectivity index (χ1n) is 9.89. The Morgan fingerprint density at radius 3 is 1.60 bits per heavy atom. The van der Waals surface area contributed by atoms with E-state index in [0.29, 0.717) is 6.42 Å². The molecule has 2 N–H and O–H groups in total. The van der Waals surface area contributed by atoms with Crippen LogP contribution in [0.5, 0.6) is 0 Å². The Bertz CT molecular complexity index is 327. The zero-order valence-corrected chi connectivity index (χ0v) is 18.6. The van der Waals surface area contributed by atoms with Gasteiger partial charge in [0.1, 0.15) is 6.04 Å². The van der Waals surface area contributed by atoms with Crippen LogP contribution in [0, 0.1) is 11.8 Å². The van der Waals surface area contributed by atoms with E-state index < -0.39 is 6.04 Å². The first-order chi connectivity index (χ1) is 11.8. The summed E-state index contributed by atoms with van der Waals surface area (Å²) < 4.78 is 0. The summed E-state index contributed by atoms with van der Waals surface area (Å²) in [6.07, 6.45) is 1.14. The minimum atomic E-state index is -0.584. The Labute approximate surface area is 156 Å². The van der Waals surface area contributed by atoms with Crippen LogP contribution >= 0.6 is 0 Å². The Hall–Kier alpha value is -1.39. The van der Waals surface area contributed by atoms with E-state index in [0.717, 1.165) is 6.42 Å². The molecule has 0 aliphatic carbocycles. The Kier molecular flexibility index (Phi) is 28.4. The first-order valence-corrected chi connectivity index (χ1v) is 9.89. The Morgan fingerprint density at radius 2 is 1.28 bits per heavy atom. The lowest BCUT2D eigenvalue weighted by Gasteiger charge is -2.21. The molecule has 0 radical (unpaired) electrons. The molecule has 0 aliphatic rings. The summed E-state index contributed by atoms with van der Waals surface area (Å²) in [5.41, 5.74) is 0. The zero-order valence-electron chi connectivity index (χ0n) is 18.6. The van der Waals surface area contributed by atoms with Crippen molar-refractivity contribution < 1.29 is 14.4 Å². The van der Waals surface area contributed by atoms with E-state index in [4.69, 9.17) is 0 Å². The second-order valence-corrected chi connectivity index (χ2v) is 5.38. The minimum absolute atomic E-state index is 0.0172. The molecule has 2 amide bonds. The van der Waals surface area contributed by atoms with Gasteiger partial charge in [0.15, 0.2) is 5.78 Å². The van der Waals surface area contributed by atoms with Crippen LogP contribution in [0.25, 0.3) is 0 Å². The van der Waals surface area contributed by atoms with Crippen LogP contribution in [0.4, 0.5) is 0 Å². The SMILES string of the molecule is CC.CC.CC.CCCC(=O)NC(C(=O)NCC(=O)C(C)C)C(C)C. The first kappa shape index (κ1) is 31.4. The molecule has 0 aromatic heterocycles. The molecule has 0 spiro atoms. The summed E-state index contributed by atoms with van der Waals surface area (Å²) in [5, 5.41) is 5.30. The third kappa shape index (κ3) is 18.8. The Balaban J connectivity index is -0.000000329. The van der Waals surface area contributed by atoms with Gasteiger partial charge < -0.3 is 10.6 Å². The largest absolute Gasteiger partial charge is 0.347 e. The number of hydrogen-bond acceptors (Lipinski definition) is 3. The number of rotatable bonds is 8. The number of ketones is 1. The number of Topliss-reactive ketones (excluding diaryl/α,β-unsaturated/α-hetero) is 1.